The smallest absolute Gasteiger partial charge is 0.252 e. The second-order valence-electron chi connectivity index (χ2n) is 5.39. The summed E-state index contributed by atoms with van der Waals surface area (Å²) < 4.78 is 0.692. The first-order chi connectivity index (χ1) is 11.4. The van der Waals surface area contributed by atoms with E-state index in [2.05, 4.69) is 21.2 Å². The molecule has 0 bridgehead atoms. The molecule has 0 fully saturated rings. The Labute approximate surface area is 154 Å². The summed E-state index contributed by atoms with van der Waals surface area (Å²) in [6.07, 6.45) is 0. The summed E-state index contributed by atoms with van der Waals surface area (Å²) >= 11 is 9.21. The molecule has 0 aliphatic rings. The van der Waals surface area contributed by atoms with Gasteiger partial charge in [0.25, 0.3) is 5.91 Å². The first-order valence-corrected chi connectivity index (χ1v) is 8.61. The van der Waals surface area contributed by atoms with Gasteiger partial charge in [0.15, 0.2) is 0 Å². The van der Waals surface area contributed by atoms with E-state index in [0.29, 0.717) is 15.1 Å². The van der Waals surface area contributed by atoms with E-state index in [1.165, 1.54) is 0 Å². The Kier molecular flexibility index (Phi) is 6.40. The molecule has 0 aromatic heterocycles. The number of amides is 2. The number of nitrogens with one attached hydrogen (secondary N) is 1. The van der Waals surface area contributed by atoms with Gasteiger partial charge in [-0.1, -0.05) is 35.9 Å². The summed E-state index contributed by atoms with van der Waals surface area (Å²) in [4.78, 5) is 26.1. The molecule has 1 N–H and O–H groups in total. The molecule has 0 unspecified atom stereocenters. The standard InChI is InChI=1S/C18H18BrClN2O2/c1-12(13-7-9-14(20)10-8-13)22(2)17(23)11-21-18(24)15-5-3-4-6-16(15)19/h3-10,12H,11H2,1-2H3,(H,21,24)/t12-/m1/s1. The lowest BCUT2D eigenvalue weighted by Gasteiger charge is -2.25. The van der Waals surface area contributed by atoms with Crippen molar-refractivity contribution in [2.45, 2.75) is 13.0 Å². The van der Waals surface area contributed by atoms with Crippen LogP contribution in [0.3, 0.4) is 0 Å². The molecule has 2 rings (SSSR count). The maximum atomic E-state index is 12.3. The predicted molar refractivity (Wildman–Crippen MR) is 99.1 cm³/mol. The van der Waals surface area contributed by atoms with Crippen molar-refractivity contribution in [3.8, 4) is 0 Å². The summed E-state index contributed by atoms with van der Waals surface area (Å²) in [5, 5.41) is 3.31. The zero-order valence-electron chi connectivity index (χ0n) is 13.4. The van der Waals surface area contributed by atoms with Crippen molar-refractivity contribution in [1.82, 2.24) is 10.2 Å². The number of halogens is 2. The van der Waals surface area contributed by atoms with Gasteiger partial charge >= 0.3 is 0 Å². The van der Waals surface area contributed by atoms with E-state index >= 15 is 0 Å². The van der Waals surface area contributed by atoms with Crippen LogP contribution in [0.5, 0.6) is 0 Å². The van der Waals surface area contributed by atoms with E-state index in [-0.39, 0.29) is 24.4 Å². The normalized spacial score (nSPS) is 11.7. The van der Waals surface area contributed by atoms with E-state index < -0.39 is 0 Å². The van der Waals surface area contributed by atoms with Gasteiger partial charge in [0.2, 0.25) is 5.91 Å². The lowest BCUT2D eigenvalue weighted by atomic mass is 10.1. The minimum atomic E-state index is -0.289. The predicted octanol–water partition coefficient (Wildman–Crippen LogP) is 4.05. The molecule has 6 heteroatoms. The van der Waals surface area contributed by atoms with Gasteiger partial charge in [-0.25, -0.2) is 0 Å². The molecule has 0 aliphatic heterocycles. The third-order valence-corrected chi connectivity index (χ3v) is 4.79. The first-order valence-electron chi connectivity index (χ1n) is 7.44. The van der Waals surface area contributed by atoms with Crippen LogP contribution in [0.15, 0.2) is 53.0 Å². The number of nitrogens with zero attached hydrogens (tertiary/aromatic N) is 1. The van der Waals surface area contributed by atoms with Crippen LogP contribution in [-0.4, -0.2) is 30.3 Å². The molecule has 1 atom stereocenters. The fourth-order valence-corrected chi connectivity index (χ4v) is 2.79. The van der Waals surface area contributed by atoms with Crippen molar-refractivity contribution in [3.05, 3.63) is 69.2 Å². The fourth-order valence-electron chi connectivity index (χ4n) is 2.20. The fraction of sp³-hybridized carbons (Fsp3) is 0.222. The van der Waals surface area contributed by atoms with E-state index in [0.717, 1.165) is 5.56 Å². The van der Waals surface area contributed by atoms with Gasteiger partial charge in [0.1, 0.15) is 0 Å². The Morgan fingerprint density at radius 1 is 1.17 bits per heavy atom. The van der Waals surface area contributed by atoms with E-state index in [4.69, 9.17) is 11.6 Å². The van der Waals surface area contributed by atoms with Gasteiger partial charge in [0, 0.05) is 16.5 Å². The number of carbonyl (C=O) groups is 2. The van der Waals surface area contributed by atoms with Crippen molar-refractivity contribution < 1.29 is 9.59 Å². The van der Waals surface area contributed by atoms with Gasteiger partial charge in [-0.2, -0.15) is 0 Å². The van der Waals surface area contributed by atoms with Crippen LogP contribution in [0, 0.1) is 0 Å². The first kappa shape index (κ1) is 18.5. The van der Waals surface area contributed by atoms with Gasteiger partial charge in [-0.3, -0.25) is 9.59 Å². The molecule has 0 heterocycles. The molecule has 2 amide bonds. The second-order valence-corrected chi connectivity index (χ2v) is 6.69. The lowest BCUT2D eigenvalue weighted by Crippen LogP contribution is -2.39. The van der Waals surface area contributed by atoms with Crippen LogP contribution in [0.2, 0.25) is 5.02 Å². The molecule has 126 valence electrons. The Morgan fingerprint density at radius 3 is 2.42 bits per heavy atom. The molecule has 0 aliphatic carbocycles. The third-order valence-electron chi connectivity index (χ3n) is 3.85. The van der Waals surface area contributed by atoms with Gasteiger partial charge in [0.05, 0.1) is 18.2 Å². The number of likely N-dealkylation sites (N-methyl/N-ethyl adjacent to an activating group) is 1. The highest BCUT2D eigenvalue weighted by Gasteiger charge is 2.18. The molecule has 0 saturated carbocycles. The van der Waals surface area contributed by atoms with E-state index in [1.807, 2.05) is 25.1 Å². The van der Waals surface area contributed by atoms with Crippen molar-refractivity contribution in [2.75, 3.05) is 13.6 Å². The highest BCUT2D eigenvalue weighted by atomic mass is 79.9. The van der Waals surface area contributed by atoms with Gasteiger partial charge in [-0.05, 0) is 52.7 Å². The van der Waals surface area contributed by atoms with Crippen molar-refractivity contribution in [3.63, 3.8) is 0 Å². The van der Waals surface area contributed by atoms with Gasteiger partial charge < -0.3 is 10.2 Å². The number of carbonyl (C=O) groups excluding carboxylic acids is 2. The van der Waals surface area contributed by atoms with E-state index in [9.17, 15) is 9.59 Å². The quantitative estimate of drug-likeness (QED) is 0.810. The zero-order chi connectivity index (χ0) is 17.7. The van der Waals surface area contributed by atoms with Crippen LogP contribution >= 0.6 is 27.5 Å². The molecular weight excluding hydrogens is 392 g/mol. The van der Waals surface area contributed by atoms with Crippen molar-refractivity contribution in [2.24, 2.45) is 0 Å². The Balaban J connectivity index is 1.95. The molecule has 24 heavy (non-hydrogen) atoms. The second kappa shape index (κ2) is 8.31. The summed E-state index contributed by atoms with van der Waals surface area (Å²) in [5.41, 5.74) is 1.48. The van der Waals surface area contributed by atoms with Crippen LogP contribution in [0.1, 0.15) is 28.9 Å². The SMILES string of the molecule is C[C@H](c1ccc(Cl)cc1)N(C)C(=O)CNC(=O)c1ccccc1Br. The summed E-state index contributed by atoms with van der Waals surface area (Å²) in [7, 11) is 1.71. The van der Waals surface area contributed by atoms with E-state index in [1.54, 1.807) is 42.3 Å². The highest BCUT2D eigenvalue weighted by Crippen LogP contribution is 2.21. The van der Waals surface area contributed by atoms with Crippen LogP contribution in [0.25, 0.3) is 0 Å². The van der Waals surface area contributed by atoms with Crippen molar-refractivity contribution in [1.29, 1.82) is 0 Å². The maximum absolute atomic E-state index is 12.3. The minimum Gasteiger partial charge on any atom is -0.343 e. The molecule has 4 nitrogen and oxygen atoms in total. The molecule has 0 spiro atoms. The lowest BCUT2D eigenvalue weighted by molar-refractivity contribution is -0.130. The molecular formula is C18H18BrClN2O2. The summed E-state index contributed by atoms with van der Waals surface area (Å²) in [6, 6.07) is 14.3. The average Bonchev–Trinajstić information content (AvgIpc) is 2.59. The minimum absolute atomic E-state index is 0.0609. The van der Waals surface area contributed by atoms with Crippen LogP contribution < -0.4 is 5.32 Å². The molecule has 2 aromatic rings. The molecule has 0 saturated heterocycles. The Hall–Kier alpha value is -1.85. The monoisotopic (exact) mass is 408 g/mol. The number of rotatable bonds is 5. The number of benzene rings is 2. The topological polar surface area (TPSA) is 49.4 Å². The zero-order valence-corrected chi connectivity index (χ0v) is 15.8. The largest absolute Gasteiger partial charge is 0.343 e. The molecule has 2 aromatic carbocycles. The third kappa shape index (κ3) is 4.58. The Morgan fingerprint density at radius 2 is 1.79 bits per heavy atom. The van der Waals surface area contributed by atoms with Crippen LogP contribution in [0.4, 0.5) is 0 Å². The average molecular weight is 410 g/mol. The number of hydrogen-bond donors (Lipinski definition) is 1. The Bertz CT molecular complexity index is 734. The summed E-state index contributed by atoms with van der Waals surface area (Å²) in [6.45, 7) is 1.87. The summed E-state index contributed by atoms with van der Waals surface area (Å²) in [5.74, 6) is -0.457. The van der Waals surface area contributed by atoms with Gasteiger partial charge in [-0.15, -0.1) is 0 Å². The van der Waals surface area contributed by atoms with Crippen molar-refractivity contribution >= 4 is 39.3 Å². The highest BCUT2D eigenvalue weighted by molar-refractivity contribution is 9.10. The maximum Gasteiger partial charge on any atom is 0.252 e. The number of hydrogen-bond acceptors (Lipinski definition) is 2. The molecule has 0 radical (unpaired) electrons. The van der Waals surface area contributed by atoms with Crippen LogP contribution in [-0.2, 0) is 4.79 Å².